The molecule has 0 aliphatic heterocycles. The van der Waals surface area contributed by atoms with E-state index in [0.717, 1.165) is 0 Å². The number of hydrogen-bond donors (Lipinski definition) is 0. The Balaban J connectivity index is -0.0000000221. The third kappa shape index (κ3) is 481. The SMILES string of the molecule is O=C([O-])[O-].O=S(=O)([O-])[O-].[Cu+2].[Na+].[Na+]. The van der Waals surface area contributed by atoms with E-state index in [1.165, 1.54) is 0 Å². The molecule has 0 unspecified atom stereocenters. The van der Waals surface area contributed by atoms with Gasteiger partial charge in [0.1, 0.15) is 0 Å². The zero-order chi connectivity index (χ0) is 8.08. The average Bonchev–Trinajstić information content (AvgIpc) is 1.19. The van der Waals surface area contributed by atoms with Crippen molar-refractivity contribution in [2.45, 2.75) is 0 Å². The van der Waals surface area contributed by atoms with Crippen LogP contribution >= 0.6 is 0 Å². The van der Waals surface area contributed by atoms with Crippen molar-refractivity contribution in [3.05, 3.63) is 0 Å². The largest absolute Gasteiger partial charge is 2.00 e. The van der Waals surface area contributed by atoms with Gasteiger partial charge in [0.2, 0.25) is 0 Å². The minimum atomic E-state index is -5.17. The molecule has 0 aliphatic rings. The molecule has 0 atom stereocenters. The van der Waals surface area contributed by atoms with Crippen LogP contribution in [0.15, 0.2) is 0 Å². The summed E-state index contributed by atoms with van der Waals surface area (Å²) < 4.78 is 34.1. The van der Waals surface area contributed by atoms with Gasteiger partial charge in [-0.3, -0.25) is 8.42 Å². The summed E-state index contributed by atoms with van der Waals surface area (Å²) in [7, 11) is -5.17. The van der Waals surface area contributed by atoms with Gasteiger partial charge in [0.25, 0.3) is 0 Å². The van der Waals surface area contributed by atoms with Crippen molar-refractivity contribution in [1.82, 2.24) is 0 Å². The molecule has 0 aromatic carbocycles. The molecule has 0 bridgehead atoms. The smallest absolute Gasteiger partial charge is 0.759 e. The van der Waals surface area contributed by atoms with Gasteiger partial charge < -0.3 is 24.1 Å². The second-order valence-corrected chi connectivity index (χ2v) is 1.47. The van der Waals surface area contributed by atoms with Gasteiger partial charge in [-0.25, -0.2) is 0 Å². The zero-order valence-corrected chi connectivity index (χ0v) is 11.8. The number of carboxylic acid groups (broad SMARTS) is 2. The topological polar surface area (TPSA) is 143 Å². The van der Waals surface area contributed by atoms with Crippen LogP contribution in [0.25, 0.3) is 0 Å². The Morgan fingerprint density at radius 3 is 1.00 bits per heavy atom. The van der Waals surface area contributed by atoms with Crippen molar-refractivity contribution in [3.8, 4) is 0 Å². The fourth-order valence-corrected chi connectivity index (χ4v) is 0. The maximum absolute atomic E-state index is 8.52. The predicted octanol–water partition coefficient (Wildman–Crippen LogP) is -9.78. The normalized spacial score (nSPS) is 6.83. The minimum absolute atomic E-state index is 0. The fraction of sp³-hybridized carbons (Fsp3) is 0. The second-order valence-electron chi connectivity index (χ2n) is 0.658. The summed E-state index contributed by atoms with van der Waals surface area (Å²) >= 11 is 0. The minimum Gasteiger partial charge on any atom is -0.759 e. The molecule has 11 heteroatoms. The van der Waals surface area contributed by atoms with Gasteiger partial charge >= 0.3 is 76.2 Å². The van der Waals surface area contributed by atoms with E-state index in [1.54, 1.807) is 0 Å². The molecule has 0 saturated heterocycles. The van der Waals surface area contributed by atoms with E-state index in [0.29, 0.717) is 0 Å². The molecule has 0 N–H and O–H groups in total. The van der Waals surface area contributed by atoms with Gasteiger partial charge in [0.15, 0.2) is 0 Å². The van der Waals surface area contributed by atoms with Crippen molar-refractivity contribution in [2.75, 3.05) is 0 Å². The van der Waals surface area contributed by atoms with Crippen LogP contribution in [-0.2, 0) is 27.5 Å². The van der Waals surface area contributed by atoms with Crippen LogP contribution in [0.3, 0.4) is 0 Å². The molecule has 0 rings (SSSR count). The average molecular weight is 266 g/mol. The molecule has 0 aliphatic carbocycles. The molecular formula is CCuNa2O7S. The molecule has 0 aromatic rings. The summed E-state index contributed by atoms with van der Waals surface area (Å²) in [5, 5.41) is 16.7. The van der Waals surface area contributed by atoms with E-state index in [1.807, 2.05) is 0 Å². The van der Waals surface area contributed by atoms with E-state index in [9.17, 15) is 0 Å². The molecule has 1 radical (unpaired) electrons. The first-order chi connectivity index (χ1) is 3.73. The van der Waals surface area contributed by atoms with Crippen LogP contribution in [-0.4, -0.2) is 23.7 Å². The third-order valence-electron chi connectivity index (χ3n) is 0. The molecule has 0 fully saturated rings. The van der Waals surface area contributed by atoms with E-state index in [-0.39, 0.29) is 76.2 Å². The fourth-order valence-electron chi connectivity index (χ4n) is 0. The maximum atomic E-state index is 8.52. The van der Waals surface area contributed by atoms with Gasteiger partial charge in [-0.15, -0.1) is 0 Å². The molecule has 12 heavy (non-hydrogen) atoms. The van der Waals surface area contributed by atoms with E-state index in [4.69, 9.17) is 32.5 Å². The van der Waals surface area contributed by atoms with Crippen LogP contribution in [0.5, 0.6) is 0 Å². The van der Waals surface area contributed by atoms with Crippen molar-refractivity contribution in [3.63, 3.8) is 0 Å². The van der Waals surface area contributed by atoms with Gasteiger partial charge in [-0.05, 0) is 6.16 Å². The van der Waals surface area contributed by atoms with Crippen LogP contribution in [0.1, 0.15) is 0 Å². The summed E-state index contributed by atoms with van der Waals surface area (Å²) in [6.45, 7) is 0. The number of hydrogen-bond acceptors (Lipinski definition) is 7. The van der Waals surface area contributed by atoms with Gasteiger partial charge in [-0.1, -0.05) is 0 Å². The van der Waals surface area contributed by atoms with E-state index >= 15 is 0 Å². The van der Waals surface area contributed by atoms with Gasteiger partial charge in [0, 0.05) is 10.4 Å². The summed E-state index contributed by atoms with van der Waals surface area (Å²) in [6.07, 6.45) is -2.33. The molecule has 0 spiro atoms. The number of rotatable bonds is 0. The quantitative estimate of drug-likeness (QED) is 0.240. The van der Waals surface area contributed by atoms with Gasteiger partial charge in [-0.2, -0.15) is 0 Å². The number of carbonyl (C=O) groups is 1. The summed E-state index contributed by atoms with van der Waals surface area (Å²) in [5.41, 5.74) is 0. The monoisotopic (exact) mass is 265 g/mol. The van der Waals surface area contributed by atoms with Crippen LogP contribution < -0.4 is 69.3 Å². The first-order valence-electron chi connectivity index (χ1n) is 1.28. The molecular weight excluding hydrogens is 266 g/mol. The van der Waals surface area contributed by atoms with Crippen LogP contribution in [0.2, 0.25) is 0 Å². The summed E-state index contributed by atoms with van der Waals surface area (Å²) in [5.74, 6) is 0. The van der Waals surface area contributed by atoms with Crippen molar-refractivity contribution in [1.29, 1.82) is 0 Å². The molecule has 0 saturated carbocycles. The van der Waals surface area contributed by atoms with Crippen molar-refractivity contribution in [2.24, 2.45) is 0 Å². The number of carbonyl (C=O) groups excluding carboxylic acids is 1. The van der Waals surface area contributed by atoms with E-state index in [2.05, 4.69) is 0 Å². The standard InChI is InChI=1S/CH2O3.Cu.2Na.H2O4S/c2-1(3)4;;;;1-5(2,3)4/h(H2,2,3,4);;;;(H2,1,2,3,4)/q;+2;2*+1;/p-4. The summed E-state index contributed by atoms with van der Waals surface area (Å²) in [6, 6.07) is 0. The van der Waals surface area contributed by atoms with Crippen LogP contribution in [0, 0.1) is 0 Å². The Hall–Kier alpha value is 1.66. The zero-order valence-electron chi connectivity index (χ0n) is 6.07. The Labute approximate surface area is 124 Å². The molecule has 0 heterocycles. The summed E-state index contributed by atoms with van der Waals surface area (Å²) in [4.78, 5) is 8.33. The Morgan fingerprint density at radius 2 is 1.00 bits per heavy atom. The predicted molar refractivity (Wildman–Crippen MR) is 15.9 cm³/mol. The Morgan fingerprint density at radius 1 is 1.00 bits per heavy atom. The molecule has 0 amide bonds. The van der Waals surface area contributed by atoms with Crippen molar-refractivity contribution >= 4 is 16.6 Å². The van der Waals surface area contributed by atoms with Crippen molar-refractivity contribution < 1.29 is 109 Å². The van der Waals surface area contributed by atoms with Gasteiger partial charge in [0.05, 0.1) is 0 Å². The van der Waals surface area contributed by atoms with Crippen LogP contribution in [0.4, 0.5) is 4.79 Å². The Kier molecular flexibility index (Phi) is 36.8. The molecule has 0 aromatic heterocycles. The second kappa shape index (κ2) is 15.1. The third-order valence-corrected chi connectivity index (χ3v) is 0. The maximum Gasteiger partial charge on any atom is 2.00 e. The first kappa shape index (κ1) is 29.2. The Bertz CT molecular complexity index is 164. The molecule has 7 nitrogen and oxygen atoms in total. The first-order valence-corrected chi connectivity index (χ1v) is 2.61. The molecule has 65 valence electrons. The van der Waals surface area contributed by atoms with E-state index < -0.39 is 16.6 Å².